The number of halogens is 1. The molecule has 7 heteroatoms. The van der Waals surface area contributed by atoms with Gasteiger partial charge in [-0.25, -0.2) is 9.37 Å². The molecule has 1 saturated carbocycles. The van der Waals surface area contributed by atoms with Crippen molar-refractivity contribution in [3.8, 4) is 11.6 Å². The van der Waals surface area contributed by atoms with Crippen molar-refractivity contribution in [3.63, 3.8) is 0 Å². The van der Waals surface area contributed by atoms with Gasteiger partial charge in [0.1, 0.15) is 0 Å². The van der Waals surface area contributed by atoms with Crippen molar-refractivity contribution < 1.29 is 13.9 Å². The lowest BCUT2D eigenvalue weighted by atomic mass is 10.1. The molecular weight excluding hydrogens is 359 g/mol. The molecule has 0 amide bonds. The van der Waals surface area contributed by atoms with Crippen LogP contribution in [0.3, 0.4) is 0 Å². The lowest BCUT2D eigenvalue weighted by Gasteiger charge is -2.19. The highest BCUT2D eigenvalue weighted by atomic mass is 19.1. The molecule has 0 spiro atoms. The highest BCUT2D eigenvalue weighted by molar-refractivity contribution is 5.80. The number of hydrogen-bond donors (Lipinski definition) is 2. The number of nitrogens with one attached hydrogen (secondary N) is 2. The predicted molar refractivity (Wildman–Crippen MR) is 107 cm³/mol. The molecule has 1 unspecified atom stereocenters. The maximum Gasteiger partial charge on any atom is 0.213 e. The van der Waals surface area contributed by atoms with Crippen LogP contribution in [0.1, 0.15) is 36.9 Å². The van der Waals surface area contributed by atoms with E-state index >= 15 is 0 Å². The fourth-order valence-electron chi connectivity index (χ4n) is 2.74. The molecule has 1 aromatic carbocycles. The number of benzene rings is 1. The molecule has 6 nitrogen and oxygen atoms in total. The Bertz CT molecular complexity index is 824. The number of nitrogens with zero attached hydrogens (tertiary/aromatic N) is 2. The highest BCUT2D eigenvalue weighted by Crippen LogP contribution is 2.30. The molecule has 2 N–H and O–H groups in total. The van der Waals surface area contributed by atoms with Gasteiger partial charge in [-0.15, -0.1) is 0 Å². The maximum absolute atomic E-state index is 14.3. The van der Waals surface area contributed by atoms with Crippen molar-refractivity contribution >= 4 is 5.96 Å². The third kappa shape index (κ3) is 5.58. The van der Waals surface area contributed by atoms with Gasteiger partial charge in [0, 0.05) is 25.9 Å². The average Bonchev–Trinajstić information content (AvgIpc) is 3.54. The first-order valence-electron chi connectivity index (χ1n) is 9.47. The molecule has 0 saturated heterocycles. The Labute approximate surface area is 165 Å². The Balaban J connectivity index is 1.55. The molecule has 0 bridgehead atoms. The normalized spacial score (nSPS) is 15.1. The van der Waals surface area contributed by atoms with Crippen molar-refractivity contribution in [2.45, 2.75) is 32.4 Å². The summed E-state index contributed by atoms with van der Waals surface area (Å²) >= 11 is 0. The highest BCUT2D eigenvalue weighted by Gasteiger charge is 2.22. The molecule has 2 aromatic rings. The van der Waals surface area contributed by atoms with Gasteiger partial charge in [0.2, 0.25) is 5.88 Å². The van der Waals surface area contributed by atoms with Crippen LogP contribution in [0, 0.1) is 11.7 Å². The molecular formula is C21H27FN4O2. The van der Waals surface area contributed by atoms with Gasteiger partial charge in [0.05, 0.1) is 19.8 Å². The van der Waals surface area contributed by atoms with Gasteiger partial charge >= 0.3 is 0 Å². The summed E-state index contributed by atoms with van der Waals surface area (Å²) in [6.07, 6.45) is 4.06. The van der Waals surface area contributed by atoms with Gasteiger partial charge in [-0.1, -0.05) is 6.07 Å². The quantitative estimate of drug-likeness (QED) is 0.537. The molecule has 1 atom stereocenters. The minimum absolute atomic E-state index is 0.120. The summed E-state index contributed by atoms with van der Waals surface area (Å²) in [4.78, 5) is 8.33. The van der Waals surface area contributed by atoms with E-state index in [1.54, 1.807) is 26.4 Å². The average molecular weight is 386 g/mol. The fraction of sp³-hybridized carbons (Fsp3) is 0.429. The van der Waals surface area contributed by atoms with Crippen molar-refractivity contribution in [3.05, 3.63) is 53.5 Å². The van der Waals surface area contributed by atoms with Crippen molar-refractivity contribution in [2.24, 2.45) is 10.9 Å². The Morgan fingerprint density at radius 1 is 1.32 bits per heavy atom. The monoisotopic (exact) mass is 386 g/mol. The molecule has 1 aliphatic rings. The van der Waals surface area contributed by atoms with Gasteiger partial charge in [-0.05, 0) is 55.0 Å². The minimum Gasteiger partial charge on any atom is -0.490 e. The van der Waals surface area contributed by atoms with E-state index in [0.29, 0.717) is 36.7 Å². The van der Waals surface area contributed by atoms with Gasteiger partial charge < -0.3 is 20.1 Å². The van der Waals surface area contributed by atoms with Crippen LogP contribution in [0.25, 0.3) is 0 Å². The largest absolute Gasteiger partial charge is 0.490 e. The third-order valence-electron chi connectivity index (χ3n) is 4.67. The zero-order valence-corrected chi connectivity index (χ0v) is 16.5. The molecule has 0 radical (unpaired) electrons. The number of hydrogen-bond acceptors (Lipinski definition) is 4. The number of aliphatic imine (C=N–C) groups is 1. The van der Waals surface area contributed by atoms with Gasteiger partial charge in [0.15, 0.2) is 17.5 Å². The Morgan fingerprint density at radius 2 is 2.14 bits per heavy atom. The van der Waals surface area contributed by atoms with Crippen LogP contribution in [0.15, 0.2) is 41.5 Å². The lowest BCUT2D eigenvalue weighted by molar-refractivity contribution is 0.285. The number of ether oxygens (including phenoxy) is 2. The van der Waals surface area contributed by atoms with Crippen LogP contribution in [-0.2, 0) is 6.54 Å². The topological polar surface area (TPSA) is 67.8 Å². The van der Waals surface area contributed by atoms with Crippen molar-refractivity contribution in [1.29, 1.82) is 0 Å². The summed E-state index contributed by atoms with van der Waals surface area (Å²) in [6.45, 7) is 3.12. The van der Waals surface area contributed by atoms with E-state index in [9.17, 15) is 4.39 Å². The number of methoxy groups -OCH3 is 1. The van der Waals surface area contributed by atoms with Gasteiger partial charge in [0.25, 0.3) is 0 Å². The molecule has 1 heterocycles. The van der Waals surface area contributed by atoms with Gasteiger partial charge in [-0.3, -0.25) is 4.99 Å². The van der Waals surface area contributed by atoms with E-state index in [-0.39, 0.29) is 11.9 Å². The molecule has 150 valence electrons. The smallest absolute Gasteiger partial charge is 0.213 e. The zero-order valence-electron chi connectivity index (χ0n) is 16.5. The summed E-state index contributed by atoms with van der Waals surface area (Å²) in [7, 11) is 3.29. The van der Waals surface area contributed by atoms with E-state index in [0.717, 1.165) is 11.1 Å². The first-order chi connectivity index (χ1) is 13.6. The summed E-state index contributed by atoms with van der Waals surface area (Å²) in [5.74, 6) is 1.76. The van der Waals surface area contributed by atoms with Crippen molar-refractivity contribution in [2.75, 3.05) is 20.8 Å². The number of aromatic nitrogens is 1. The second-order valence-electron chi connectivity index (χ2n) is 6.94. The molecule has 0 aliphatic heterocycles. The summed E-state index contributed by atoms with van der Waals surface area (Å²) in [6, 6.07) is 8.74. The van der Waals surface area contributed by atoms with Crippen LogP contribution in [0.5, 0.6) is 11.6 Å². The van der Waals surface area contributed by atoms with E-state index in [1.165, 1.54) is 18.9 Å². The molecule has 3 rings (SSSR count). The van der Waals surface area contributed by atoms with Crippen LogP contribution in [0.2, 0.25) is 0 Å². The first kappa shape index (κ1) is 19.9. The minimum atomic E-state index is -0.335. The summed E-state index contributed by atoms with van der Waals surface area (Å²) < 4.78 is 25.0. The number of pyridine rings is 1. The Morgan fingerprint density at radius 3 is 2.82 bits per heavy atom. The SMILES string of the molecule is CN=C(NCc1ccnc(OC)c1)NC(C)c1ccc(OCC2CC2)c(F)c1. The first-order valence-corrected chi connectivity index (χ1v) is 9.47. The van der Waals surface area contributed by atoms with Crippen LogP contribution in [-0.4, -0.2) is 31.7 Å². The standard InChI is InChI=1S/C21H27FN4O2/c1-14(17-6-7-19(18(22)11-17)28-13-15-4-5-15)26-21(23-2)25-12-16-8-9-24-20(10-16)27-3/h6-11,14-15H,4-5,12-13H2,1-3H3,(H2,23,25,26). The molecule has 28 heavy (non-hydrogen) atoms. The van der Waals surface area contributed by atoms with E-state index in [1.807, 2.05) is 25.1 Å². The van der Waals surface area contributed by atoms with E-state index in [2.05, 4.69) is 20.6 Å². The maximum atomic E-state index is 14.3. The Kier molecular flexibility index (Phi) is 6.68. The number of rotatable bonds is 8. The number of guanidine groups is 1. The van der Waals surface area contributed by atoms with E-state index < -0.39 is 0 Å². The summed E-state index contributed by atoms with van der Waals surface area (Å²) in [5.41, 5.74) is 1.84. The summed E-state index contributed by atoms with van der Waals surface area (Å²) in [5, 5.41) is 6.51. The molecule has 1 fully saturated rings. The second-order valence-corrected chi connectivity index (χ2v) is 6.94. The fourth-order valence-corrected chi connectivity index (χ4v) is 2.74. The lowest BCUT2D eigenvalue weighted by Crippen LogP contribution is -2.38. The van der Waals surface area contributed by atoms with Crippen LogP contribution < -0.4 is 20.1 Å². The van der Waals surface area contributed by atoms with E-state index in [4.69, 9.17) is 9.47 Å². The zero-order chi connectivity index (χ0) is 19.9. The van der Waals surface area contributed by atoms with Gasteiger partial charge in [-0.2, -0.15) is 0 Å². The molecule has 1 aliphatic carbocycles. The second kappa shape index (κ2) is 9.39. The van der Waals surface area contributed by atoms with Crippen LogP contribution >= 0.6 is 0 Å². The predicted octanol–water partition coefficient (Wildman–Crippen LogP) is 3.44. The van der Waals surface area contributed by atoms with Crippen LogP contribution in [0.4, 0.5) is 4.39 Å². The van der Waals surface area contributed by atoms with Crippen molar-refractivity contribution in [1.82, 2.24) is 15.6 Å². The Hall–Kier alpha value is -2.83. The molecule has 1 aromatic heterocycles. The third-order valence-corrected chi connectivity index (χ3v) is 4.67.